The van der Waals surface area contributed by atoms with E-state index in [0.29, 0.717) is 0 Å². The number of carbonyl (C=O) groups is 1. The van der Waals surface area contributed by atoms with Gasteiger partial charge >= 0.3 is 0 Å². The SMILES string of the molecule is CS(=O)(=O)c1cc(Cl)cc(C(=O)CCN)c1. The van der Waals surface area contributed by atoms with Gasteiger partial charge in [-0.3, -0.25) is 4.79 Å². The average Bonchev–Trinajstić information content (AvgIpc) is 2.16. The van der Waals surface area contributed by atoms with Gasteiger partial charge < -0.3 is 5.73 Å². The van der Waals surface area contributed by atoms with Crippen LogP contribution in [0.5, 0.6) is 0 Å². The first kappa shape index (κ1) is 13.2. The van der Waals surface area contributed by atoms with Gasteiger partial charge in [0.2, 0.25) is 0 Å². The molecule has 1 aromatic carbocycles. The highest BCUT2D eigenvalue weighted by molar-refractivity contribution is 7.90. The van der Waals surface area contributed by atoms with Crippen LogP contribution in [-0.2, 0) is 9.84 Å². The summed E-state index contributed by atoms with van der Waals surface area (Å²) in [4.78, 5) is 11.6. The van der Waals surface area contributed by atoms with Crippen LogP contribution in [0.1, 0.15) is 16.8 Å². The maximum Gasteiger partial charge on any atom is 0.175 e. The van der Waals surface area contributed by atoms with Gasteiger partial charge in [-0.25, -0.2) is 8.42 Å². The van der Waals surface area contributed by atoms with E-state index in [1.165, 1.54) is 18.2 Å². The smallest absolute Gasteiger partial charge is 0.175 e. The highest BCUT2D eigenvalue weighted by Crippen LogP contribution is 2.19. The van der Waals surface area contributed by atoms with Crippen LogP contribution in [0.15, 0.2) is 23.1 Å². The molecule has 0 saturated heterocycles. The minimum Gasteiger partial charge on any atom is -0.330 e. The molecule has 0 spiro atoms. The summed E-state index contributed by atoms with van der Waals surface area (Å²) in [6.07, 6.45) is 1.24. The summed E-state index contributed by atoms with van der Waals surface area (Å²) in [5, 5.41) is 0.225. The summed E-state index contributed by atoms with van der Waals surface area (Å²) in [7, 11) is -3.36. The fraction of sp³-hybridized carbons (Fsp3) is 0.300. The molecule has 88 valence electrons. The second kappa shape index (κ2) is 4.95. The second-order valence-electron chi connectivity index (χ2n) is 3.41. The summed E-state index contributed by atoms with van der Waals surface area (Å²) in [5.41, 5.74) is 5.53. The minimum atomic E-state index is -3.36. The quantitative estimate of drug-likeness (QED) is 0.828. The molecule has 0 fully saturated rings. The number of rotatable bonds is 4. The number of sulfone groups is 1. The highest BCUT2D eigenvalue weighted by atomic mass is 35.5. The third kappa shape index (κ3) is 3.30. The van der Waals surface area contributed by atoms with Crippen molar-refractivity contribution < 1.29 is 13.2 Å². The van der Waals surface area contributed by atoms with E-state index in [-0.39, 0.29) is 34.2 Å². The van der Waals surface area contributed by atoms with Crippen molar-refractivity contribution in [1.29, 1.82) is 0 Å². The van der Waals surface area contributed by atoms with E-state index in [9.17, 15) is 13.2 Å². The third-order valence-electron chi connectivity index (χ3n) is 1.99. The molecule has 0 aliphatic rings. The third-order valence-corrected chi connectivity index (χ3v) is 3.30. The Hall–Kier alpha value is -0.910. The lowest BCUT2D eigenvalue weighted by Crippen LogP contribution is -2.09. The average molecular weight is 262 g/mol. The van der Waals surface area contributed by atoms with E-state index in [4.69, 9.17) is 17.3 Å². The highest BCUT2D eigenvalue weighted by Gasteiger charge is 2.13. The largest absolute Gasteiger partial charge is 0.330 e. The van der Waals surface area contributed by atoms with Crippen LogP contribution in [0, 0.1) is 0 Å². The van der Waals surface area contributed by atoms with Gasteiger partial charge in [0, 0.05) is 23.3 Å². The Kier molecular flexibility index (Phi) is 4.07. The van der Waals surface area contributed by atoms with Crippen LogP contribution in [0.4, 0.5) is 0 Å². The molecule has 0 amide bonds. The number of nitrogens with two attached hydrogens (primary N) is 1. The van der Waals surface area contributed by atoms with E-state index in [2.05, 4.69) is 0 Å². The van der Waals surface area contributed by atoms with Gasteiger partial charge in [0.1, 0.15) is 0 Å². The Balaban J connectivity index is 3.24. The number of Topliss-reactive ketones (excluding diaryl/α,β-unsaturated/α-hetero) is 1. The predicted octanol–water partition coefficient (Wildman–Crippen LogP) is 1.28. The number of hydrogen-bond donors (Lipinski definition) is 1. The van der Waals surface area contributed by atoms with Gasteiger partial charge in [-0.2, -0.15) is 0 Å². The van der Waals surface area contributed by atoms with Crippen LogP contribution in [0.25, 0.3) is 0 Å². The Morgan fingerprint density at radius 2 is 2.00 bits per heavy atom. The van der Waals surface area contributed by atoms with E-state index in [0.717, 1.165) is 6.26 Å². The van der Waals surface area contributed by atoms with E-state index >= 15 is 0 Å². The molecule has 0 radical (unpaired) electrons. The van der Waals surface area contributed by atoms with Crippen molar-refractivity contribution in [2.45, 2.75) is 11.3 Å². The molecule has 0 unspecified atom stereocenters. The van der Waals surface area contributed by atoms with Gasteiger partial charge in [0.05, 0.1) is 4.90 Å². The fourth-order valence-electron chi connectivity index (χ4n) is 1.21. The van der Waals surface area contributed by atoms with Gasteiger partial charge in [0.25, 0.3) is 0 Å². The van der Waals surface area contributed by atoms with Gasteiger partial charge in [0.15, 0.2) is 15.6 Å². The molecule has 1 aromatic rings. The molecule has 1 rings (SSSR count). The molecule has 2 N–H and O–H groups in total. The second-order valence-corrected chi connectivity index (χ2v) is 5.86. The van der Waals surface area contributed by atoms with Crippen molar-refractivity contribution in [3.63, 3.8) is 0 Å². The zero-order chi connectivity index (χ0) is 12.3. The van der Waals surface area contributed by atoms with E-state index < -0.39 is 9.84 Å². The number of carbonyl (C=O) groups excluding carboxylic acids is 1. The number of halogens is 1. The van der Waals surface area contributed by atoms with Crippen molar-refractivity contribution in [3.05, 3.63) is 28.8 Å². The van der Waals surface area contributed by atoms with E-state index in [1.807, 2.05) is 0 Å². The van der Waals surface area contributed by atoms with Crippen molar-refractivity contribution in [3.8, 4) is 0 Å². The first-order chi connectivity index (χ1) is 7.34. The fourth-order valence-corrected chi connectivity index (χ4v) is 2.20. The van der Waals surface area contributed by atoms with Crippen LogP contribution in [0.2, 0.25) is 5.02 Å². The lowest BCUT2D eigenvalue weighted by molar-refractivity contribution is 0.0985. The molecule has 0 bridgehead atoms. The molecule has 16 heavy (non-hydrogen) atoms. The molecule has 0 aliphatic heterocycles. The Labute approximate surface area is 99.3 Å². The Morgan fingerprint density at radius 1 is 1.38 bits per heavy atom. The zero-order valence-electron chi connectivity index (χ0n) is 8.73. The minimum absolute atomic E-state index is 0.0420. The Bertz CT molecular complexity index is 511. The molecular formula is C10H12ClNO3S. The molecule has 4 nitrogen and oxygen atoms in total. The lowest BCUT2D eigenvalue weighted by Gasteiger charge is -2.04. The number of benzene rings is 1. The summed E-state index contributed by atoms with van der Waals surface area (Å²) >= 11 is 5.75. The summed E-state index contributed by atoms with van der Waals surface area (Å²) in [6, 6.07) is 4.07. The van der Waals surface area contributed by atoms with Gasteiger partial charge in [-0.1, -0.05) is 11.6 Å². The molecule has 6 heteroatoms. The summed E-state index contributed by atoms with van der Waals surface area (Å²) in [6.45, 7) is 0.222. The predicted molar refractivity (Wildman–Crippen MR) is 62.6 cm³/mol. The van der Waals surface area contributed by atoms with Crippen LogP contribution in [0.3, 0.4) is 0 Å². The number of hydrogen-bond acceptors (Lipinski definition) is 4. The molecular weight excluding hydrogens is 250 g/mol. The lowest BCUT2D eigenvalue weighted by atomic mass is 10.1. The summed E-state index contributed by atoms with van der Waals surface area (Å²) in [5.74, 6) is -0.213. The van der Waals surface area contributed by atoms with Crippen molar-refractivity contribution in [1.82, 2.24) is 0 Å². The molecule has 0 aliphatic carbocycles. The Morgan fingerprint density at radius 3 is 2.50 bits per heavy atom. The maximum absolute atomic E-state index is 11.5. The van der Waals surface area contributed by atoms with Crippen molar-refractivity contribution >= 4 is 27.2 Å². The molecule has 0 heterocycles. The monoisotopic (exact) mass is 261 g/mol. The topological polar surface area (TPSA) is 77.2 Å². The van der Waals surface area contributed by atoms with Crippen LogP contribution >= 0.6 is 11.6 Å². The molecule has 0 aromatic heterocycles. The van der Waals surface area contributed by atoms with Gasteiger partial charge in [-0.15, -0.1) is 0 Å². The first-order valence-electron chi connectivity index (χ1n) is 4.58. The standard InChI is InChI=1S/C10H12ClNO3S/c1-16(14,15)9-5-7(4-8(11)6-9)10(13)2-3-12/h4-6H,2-3,12H2,1H3. The summed E-state index contributed by atoms with van der Waals surface area (Å²) < 4.78 is 22.6. The van der Waals surface area contributed by atoms with Crippen molar-refractivity contribution in [2.24, 2.45) is 5.73 Å². The van der Waals surface area contributed by atoms with Gasteiger partial charge in [-0.05, 0) is 24.7 Å². The molecule has 0 atom stereocenters. The number of ketones is 1. The molecule has 0 saturated carbocycles. The zero-order valence-corrected chi connectivity index (χ0v) is 10.3. The van der Waals surface area contributed by atoms with Crippen LogP contribution in [-0.4, -0.2) is 27.0 Å². The van der Waals surface area contributed by atoms with Crippen LogP contribution < -0.4 is 5.73 Å². The first-order valence-corrected chi connectivity index (χ1v) is 6.85. The normalized spacial score (nSPS) is 11.4. The van der Waals surface area contributed by atoms with E-state index in [1.54, 1.807) is 0 Å². The maximum atomic E-state index is 11.5. The van der Waals surface area contributed by atoms with Crippen molar-refractivity contribution in [2.75, 3.05) is 12.8 Å².